The normalized spacial score (nSPS) is 13.7. The van der Waals surface area contributed by atoms with Crippen molar-refractivity contribution < 1.29 is 9.47 Å². The summed E-state index contributed by atoms with van der Waals surface area (Å²) in [5.74, 6) is 4.12. The van der Waals surface area contributed by atoms with E-state index < -0.39 is 0 Å². The molecule has 6 nitrogen and oxygen atoms in total. The van der Waals surface area contributed by atoms with Gasteiger partial charge in [-0.15, -0.1) is 0 Å². The molecular weight excluding hydrogens is 508 g/mol. The van der Waals surface area contributed by atoms with Crippen LogP contribution in [0, 0.1) is 0 Å². The number of aromatic nitrogens is 4. The van der Waals surface area contributed by atoms with Crippen molar-refractivity contribution in [1.82, 2.24) is 19.9 Å². The van der Waals surface area contributed by atoms with Gasteiger partial charge < -0.3 is 9.47 Å². The molecule has 41 heavy (non-hydrogen) atoms. The highest BCUT2D eigenvalue weighted by atomic mass is 16.6. The van der Waals surface area contributed by atoms with Crippen LogP contribution in [0.25, 0.3) is 45.4 Å². The Hall–Kier alpha value is -5.36. The van der Waals surface area contributed by atoms with Crippen LogP contribution >= 0.6 is 0 Å². The van der Waals surface area contributed by atoms with Crippen molar-refractivity contribution >= 4 is 0 Å². The number of hydrogen-bond donors (Lipinski definition) is 0. The van der Waals surface area contributed by atoms with Crippen LogP contribution < -0.4 is 9.47 Å². The lowest BCUT2D eigenvalue weighted by Gasteiger charge is -2.26. The smallest absolute Gasteiger partial charge is 0.182 e. The maximum Gasteiger partial charge on any atom is 0.182 e. The topological polar surface area (TPSA) is 70.0 Å². The number of rotatable bonds is 3. The predicted molar refractivity (Wildman–Crippen MR) is 158 cm³/mol. The van der Waals surface area contributed by atoms with E-state index in [9.17, 15) is 0 Å². The Labute approximate surface area is 237 Å². The summed E-state index contributed by atoms with van der Waals surface area (Å²) in [6.45, 7) is 4.51. The third-order valence-electron chi connectivity index (χ3n) is 7.87. The van der Waals surface area contributed by atoms with Gasteiger partial charge in [0.2, 0.25) is 0 Å². The van der Waals surface area contributed by atoms with Gasteiger partial charge in [0.05, 0.1) is 5.56 Å². The summed E-state index contributed by atoms with van der Waals surface area (Å²) in [6.07, 6.45) is 1.73. The molecule has 0 bridgehead atoms. The molecule has 0 unspecified atom stereocenters. The molecule has 3 heterocycles. The fourth-order valence-corrected chi connectivity index (χ4v) is 5.84. The molecule has 2 aromatic heterocycles. The van der Waals surface area contributed by atoms with Crippen molar-refractivity contribution in [1.29, 1.82) is 0 Å². The fourth-order valence-electron chi connectivity index (χ4n) is 5.84. The first-order valence-corrected chi connectivity index (χ1v) is 13.6. The lowest BCUT2D eigenvalue weighted by Crippen LogP contribution is -2.15. The summed E-state index contributed by atoms with van der Waals surface area (Å²) in [5, 5.41) is 0. The van der Waals surface area contributed by atoms with Gasteiger partial charge in [-0.2, -0.15) is 0 Å². The van der Waals surface area contributed by atoms with Crippen LogP contribution in [0.5, 0.6) is 23.0 Å². The summed E-state index contributed by atoms with van der Waals surface area (Å²) in [6, 6.07) is 34.0. The first-order chi connectivity index (χ1) is 20.1. The molecule has 6 aromatic rings. The number of nitrogens with zero attached hydrogens (tertiary/aromatic N) is 4. The number of fused-ring (bicyclic) bond motifs is 6. The zero-order valence-electron chi connectivity index (χ0n) is 22.5. The van der Waals surface area contributed by atoms with Crippen LogP contribution in [0.4, 0.5) is 0 Å². The molecule has 0 saturated heterocycles. The Bertz CT molecular complexity index is 1910. The van der Waals surface area contributed by atoms with E-state index in [1.165, 1.54) is 16.7 Å². The van der Waals surface area contributed by atoms with Crippen LogP contribution in [0.3, 0.4) is 0 Å². The molecule has 1 aliphatic carbocycles. The number of benzene rings is 4. The molecule has 4 aromatic carbocycles. The number of para-hydroxylation sites is 1. The van der Waals surface area contributed by atoms with Gasteiger partial charge in [0.25, 0.3) is 0 Å². The molecule has 2 aliphatic rings. The van der Waals surface area contributed by atoms with Gasteiger partial charge in [-0.1, -0.05) is 86.6 Å². The van der Waals surface area contributed by atoms with Gasteiger partial charge >= 0.3 is 0 Å². The van der Waals surface area contributed by atoms with Crippen molar-refractivity contribution in [2.45, 2.75) is 19.3 Å². The highest BCUT2D eigenvalue weighted by Gasteiger charge is 2.39. The molecule has 0 amide bonds. The largest absolute Gasteiger partial charge is 0.449 e. The zero-order valence-corrected chi connectivity index (χ0v) is 22.5. The maximum absolute atomic E-state index is 6.65. The minimum atomic E-state index is -0.132. The van der Waals surface area contributed by atoms with Crippen molar-refractivity contribution in [2.75, 3.05) is 0 Å². The van der Waals surface area contributed by atoms with Gasteiger partial charge in [0.1, 0.15) is 5.69 Å². The van der Waals surface area contributed by atoms with E-state index in [1.807, 2.05) is 72.8 Å². The summed E-state index contributed by atoms with van der Waals surface area (Å²) in [4.78, 5) is 19.0. The molecule has 0 radical (unpaired) electrons. The van der Waals surface area contributed by atoms with E-state index >= 15 is 0 Å². The molecule has 0 spiro atoms. The second-order valence-corrected chi connectivity index (χ2v) is 10.7. The van der Waals surface area contributed by atoms with Gasteiger partial charge in [-0.25, -0.2) is 15.0 Å². The molecule has 0 fully saturated rings. The summed E-state index contributed by atoms with van der Waals surface area (Å²) in [7, 11) is 0. The van der Waals surface area contributed by atoms with E-state index in [0.29, 0.717) is 46.0 Å². The van der Waals surface area contributed by atoms with Crippen LogP contribution in [0.15, 0.2) is 109 Å². The van der Waals surface area contributed by atoms with Crippen LogP contribution in [-0.2, 0) is 5.41 Å². The summed E-state index contributed by atoms with van der Waals surface area (Å²) in [5.41, 5.74) is 6.91. The Morgan fingerprint density at radius 3 is 2.10 bits per heavy atom. The quantitative estimate of drug-likeness (QED) is 0.227. The Balaban J connectivity index is 1.28. The third-order valence-corrected chi connectivity index (χ3v) is 7.87. The maximum atomic E-state index is 6.65. The van der Waals surface area contributed by atoms with Crippen LogP contribution in [0.2, 0.25) is 0 Å². The highest BCUT2D eigenvalue weighted by molar-refractivity contribution is 5.88. The summed E-state index contributed by atoms with van der Waals surface area (Å²) >= 11 is 0. The SMILES string of the molecule is CC1(C)c2ccccc2-c2c1ccc1c2Oc2cccc(-c3nc(-c4ccccc4)nc(-c4ccccn4)n3)c2O1. The molecule has 6 heteroatoms. The fraction of sp³-hybridized carbons (Fsp3) is 0.0857. The van der Waals surface area contributed by atoms with E-state index in [2.05, 4.69) is 49.2 Å². The van der Waals surface area contributed by atoms with Crippen LogP contribution in [-0.4, -0.2) is 19.9 Å². The zero-order chi connectivity index (χ0) is 27.6. The van der Waals surface area contributed by atoms with Crippen molar-refractivity contribution in [3.63, 3.8) is 0 Å². The summed E-state index contributed by atoms with van der Waals surface area (Å²) < 4.78 is 13.3. The Morgan fingerprint density at radius 2 is 1.24 bits per heavy atom. The number of hydrogen-bond acceptors (Lipinski definition) is 6. The van der Waals surface area contributed by atoms with Crippen molar-refractivity contribution in [2.24, 2.45) is 0 Å². The number of ether oxygens (including phenoxy) is 2. The number of pyridine rings is 1. The van der Waals surface area contributed by atoms with Crippen molar-refractivity contribution in [3.05, 3.63) is 120 Å². The van der Waals surface area contributed by atoms with Gasteiger partial charge in [-0.05, 0) is 47.0 Å². The van der Waals surface area contributed by atoms with E-state index in [1.54, 1.807) is 6.20 Å². The van der Waals surface area contributed by atoms with Gasteiger partial charge in [0.15, 0.2) is 40.5 Å². The standard InChI is InChI=1S/C35H24N4O2/c1-35(2)24-15-7-6-13-22(24)29-25(35)18-19-28-31(29)41-27-17-10-14-23(30(27)40-28)33-37-32(21-11-4-3-5-12-21)38-34(39-33)26-16-8-9-20-36-26/h3-20H,1-2H3. The van der Waals surface area contributed by atoms with Gasteiger partial charge in [0, 0.05) is 22.7 Å². The average Bonchev–Trinajstić information content (AvgIpc) is 3.27. The lowest BCUT2D eigenvalue weighted by atomic mass is 9.82. The van der Waals surface area contributed by atoms with E-state index in [-0.39, 0.29) is 5.41 Å². The second-order valence-electron chi connectivity index (χ2n) is 10.7. The first-order valence-electron chi connectivity index (χ1n) is 13.6. The molecule has 8 rings (SSSR count). The Kier molecular flexibility index (Phi) is 5.06. The third kappa shape index (κ3) is 3.64. The predicted octanol–water partition coefficient (Wildman–Crippen LogP) is 8.47. The minimum absolute atomic E-state index is 0.132. The Morgan fingerprint density at radius 1 is 0.537 bits per heavy atom. The van der Waals surface area contributed by atoms with E-state index in [4.69, 9.17) is 24.4 Å². The molecule has 1 aliphatic heterocycles. The van der Waals surface area contributed by atoms with Crippen molar-refractivity contribution in [3.8, 4) is 68.4 Å². The van der Waals surface area contributed by atoms with Crippen LogP contribution in [0.1, 0.15) is 25.0 Å². The highest BCUT2D eigenvalue weighted by Crippen LogP contribution is 2.59. The molecule has 0 saturated carbocycles. The van der Waals surface area contributed by atoms with E-state index in [0.717, 1.165) is 16.9 Å². The average molecular weight is 533 g/mol. The first kappa shape index (κ1) is 23.5. The molecule has 0 N–H and O–H groups in total. The minimum Gasteiger partial charge on any atom is -0.449 e. The molecule has 0 atom stereocenters. The lowest BCUT2D eigenvalue weighted by molar-refractivity contribution is 0.361. The molecular formula is C35H24N4O2. The second kappa shape index (κ2) is 8.83. The molecule has 196 valence electrons. The monoisotopic (exact) mass is 532 g/mol. The van der Waals surface area contributed by atoms with Gasteiger partial charge in [-0.3, -0.25) is 4.98 Å².